The first kappa shape index (κ1) is 22.3. The summed E-state index contributed by atoms with van der Waals surface area (Å²) in [5.41, 5.74) is 5.60. The maximum absolute atomic E-state index is 12.3. The van der Waals surface area contributed by atoms with E-state index in [2.05, 4.69) is 10.2 Å². The van der Waals surface area contributed by atoms with Crippen molar-refractivity contribution in [3.05, 3.63) is 23.7 Å². The lowest BCUT2D eigenvalue weighted by Crippen LogP contribution is -2.41. The van der Waals surface area contributed by atoms with Gasteiger partial charge < -0.3 is 20.2 Å². The molecule has 2 aliphatic rings. The number of carbonyl (C=O) groups excluding carboxylic acids is 1. The zero-order valence-corrected chi connectivity index (χ0v) is 16.2. The van der Waals surface area contributed by atoms with Crippen molar-refractivity contribution < 1.29 is 13.9 Å². The summed E-state index contributed by atoms with van der Waals surface area (Å²) in [6, 6.07) is 4.09. The van der Waals surface area contributed by atoms with Crippen LogP contribution in [-0.4, -0.2) is 49.2 Å². The van der Waals surface area contributed by atoms with Crippen LogP contribution in [0.1, 0.15) is 43.2 Å². The van der Waals surface area contributed by atoms with Crippen LogP contribution < -0.4 is 11.1 Å². The van der Waals surface area contributed by atoms with Crippen LogP contribution >= 0.6 is 24.8 Å². The third-order valence-corrected chi connectivity index (χ3v) is 4.80. The molecule has 2 saturated heterocycles. The van der Waals surface area contributed by atoms with Crippen LogP contribution in [0.5, 0.6) is 0 Å². The number of furan rings is 1. The van der Waals surface area contributed by atoms with Gasteiger partial charge in [0.1, 0.15) is 17.6 Å². The van der Waals surface area contributed by atoms with Crippen LogP contribution in [-0.2, 0) is 9.53 Å². The maximum Gasteiger partial charge on any atom is 0.249 e. The van der Waals surface area contributed by atoms with Gasteiger partial charge in [0.25, 0.3) is 0 Å². The monoisotopic (exact) mass is 393 g/mol. The Balaban J connectivity index is 0.00000156. The molecule has 1 unspecified atom stereocenters. The van der Waals surface area contributed by atoms with Crippen LogP contribution in [0.2, 0.25) is 0 Å². The fraction of sp³-hybridized carbons (Fsp3) is 0.706. The number of ether oxygens (including phenoxy) is 1. The number of carbonyl (C=O) groups is 1. The summed E-state index contributed by atoms with van der Waals surface area (Å²) in [5, 5.41) is 3.05. The van der Waals surface area contributed by atoms with E-state index < -0.39 is 0 Å². The Morgan fingerprint density at radius 1 is 1.32 bits per heavy atom. The second-order valence-electron chi connectivity index (χ2n) is 6.51. The molecule has 1 aromatic rings. The molecule has 1 amide bonds. The Labute approximate surface area is 161 Å². The van der Waals surface area contributed by atoms with Crippen LogP contribution in [0.25, 0.3) is 0 Å². The Bertz CT molecular complexity index is 535. The van der Waals surface area contributed by atoms with Gasteiger partial charge in [0.15, 0.2) is 0 Å². The highest BCUT2D eigenvalue weighted by molar-refractivity contribution is 5.85. The summed E-state index contributed by atoms with van der Waals surface area (Å²) in [4.78, 5) is 14.7. The first-order chi connectivity index (χ1) is 11.2. The number of nitrogens with two attached hydrogens (primary N) is 1. The lowest BCUT2D eigenvalue weighted by molar-refractivity contribution is -0.132. The van der Waals surface area contributed by atoms with E-state index in [0.29, 0.717) is 13.1 Å². The number of hydrogen-bond donors (Lipinski definition) is 2. The van der Waals surface area contributed by atoms with Gasteiger partial charge in [-0.2, -0.15) is 0 Å². The minimum Gasteiger partial charge on any atom is -0.465 e. The number of aryl methyl sites for hydroxylation is 1. The summed E-state index contributed by atoms with van der Waals surface area (Å²) in [6.45, 7) is 5.08. The Hall–Kier alpha value is -0.790. The van der Waals surface area contributed by atoms with Gasteiger partial charge in [-0.3, -0.25) is 9.69 Å². The minimum absolute atomic E-state index is 0. The standard InChI is InChI=1S/C17H27N3O3.2ClH/c1-12-4-6-15(22-12)14(20-8-2-3-9-20)11-19-17(21)16-7-5-13(10-18)23-16;;/h4,6,13-14,16H,2-3,5,7-11,18H2,1H3,(H,19,21);2*1H/t13-,14?,16+;;/m1../s1. The average molecular weight is 394 g/mol. The quantitative estimate of drug-likeness (QED) is 0.773. The third kappa shape index (κ3) is 5.59. The van der Waals surface area contributed by atoms with Crippen molar-refractivity contribution in [2.24, 2.45) is 5.73 Å². The molecule has 2 aliphatic heterocycles. The molecule has 6 nitrogen and oxygen atoms in total. The van der Waals surface area contributed by atoms with Gasteiger partial charge in [-0.1, -0.05) is 0 Å². The largest absolute Gasteiger partial charge is 0.465 e. The van der Waals surface area contributed by atoms with Crippen molar-refractivity contribution >= 4 is 30.7 Å². The van der Waals surface area contributed by atoms with E-state index in [4.69, 9.17) is 14.9 Å². The molecule has 25 heavy (non-hydrogen) atoms. The number of nitrogens with zero attached hydrogens (tertiary/aromatic N) is 1. The van der Waals surface area contributed by atoms with E-state index in [-0.39, 0.29) is 49.0 Å². The van der Waals surface area contributed by atoms with Crippen molar-refractivity contribution in [2.45, 2.75) is 50.9 Å². The third-order valence-electron chi connectivity index (χ3n) is 4.80. The fourth-order valence-electron chi connectivity index (χ4n) is 3.48. The van der Waals surface area contributed by atoms with Gasteiger partial charge >= 0.3 is 0 Å². The molecule has 0 aromatic carbocycles. The fourth-order valence-corrected chi connectivity index (χ4v) is 3.48. The Morgan fingerprint density at radius 2 is 2.04 bits per heavy atom. The molecule has 8 heteroatoms. The molecule has 1 aromatic heterocycles. The molecule has 3 rings (SSSR count). The van der Waals surface area contributed by atoms with E-state index >= 15 is 0 Å². The molecule has 3 heterocycles. The minimum atomic E-state index is -0.360. The summed E-state index contributed by atoms with van der Waals surface area (Å²) < 4.78 is 11.5. The summed E-state index contributed by atoms with van der Waals surface area (Å²) >= 11 is 0. The van der Waals surface area contributed by atoms with Gasteiger partial charge in [0, 0.05) is 13.1 Å². The Kier molecular flexibility index (Phi) is 9.24. The second kappa shape index (κ2) is 10.4. The summed E-state index contributed by atoms with van der Waals surface area (Å²) in [6.07, 6.45) is 3.68. The van der Waals surface area contributed by atoms with Crippen LogP contribution in [0.4, 0.5) is 0 Å². The molecule has 0 radical (unpaired) electrons. The number of hydrogen-bond acceptors (Lipinski definition) is 5. The highest BCUT2D eigenvalue weighted by Gasteiger charge is 2.31. The first-order valence-electron chi connectivity index (χ1n) is 8.61. The van der Waals surface area contributed by atoms with Crippen molar-refractivity contribution in [2.75, 3.05) is 26.2 Å². The lowest BCUT2D eigenvalue weighted by atomic mass is 10.1. The van der Waals surface area contributed by atoms with Gasteiger partial charge in [0.05, 0.1) is 12.1 Å². The second-order valence-corrected chi connectivity index (χ2v) is 6.51. The molecular formula is C17H29Cl2N3O3. The van der Waals surface area contributed by atoms with Crippen molar-refractivity contribution in [1.82, 2.24) is 10.2 Å². The molecular weight excluding hydrogens is 365 g/mol. The van der Waals surface area contributed by atoms with Crippen molar-refractivity contribution in [1.29, 1.82) is 0 Å². The number of halogens is 2. The number of nitrogens with one attached hydrogen (secondary N) is 1. The van der Waals surface area contributed by atoms with E-state index in [1.54, 1.807) is 0 Å². The van der Waals surface area contributed by atoms with E-state index in [1.165, 1.54) is 12.8 Å². The van der Waals surface area contributed by atoms with Crippen LogP contribution in [0.15, 0.2) is 16.5 Å². The van der Waals surface area contributed by atoms with Crippen molar-refractivity contribution in [3.8, 4) is 0 Å². The molecule has 2 fully saturated rings. The average Bonchev–Trinajstić information content (AvgIpc) is 3.29. The topological polar surface area (TPSA) is 80.7 Å². The molecule has 0 bridgehead atoms. The SMILES string of the molecule is Cc1ccc(C(CNC(=O)[C@@H]2CC[C@H](CN)O2)N2CCCC2)o1.Cl.Cl. The predicted octanol–water partition coefficient (Wildman–Crippen LogP) is 2.19. The molecule has 3 N–H and O–H groups in total. The molecule has 0 saturated carbocycles. The number of likely N-dealkylation sites (tertiary alicyclic amines) is 1. The van der Waals surface area contributed by atoms with Gasteiger partial charge in [-0.05, 0) is 57.8 Å². The normalized spacial score (nSPS) is 24.4. The summed E-state index contributed by atoms with van der Waals surface area (Å²) in [7, 11) is 0. The zero-order valence-electron chi connectivity index (χ0n) is 14.6. The van der Waals surface area contributed by atoms with E-state index in [1.807, 2.05) is 19.1 Å². The Morgan fingerprint density at radius 3 is 2.60 bits per heavy atom. The summed E-state index contributed by atoms with van der Waals surface area (Å²) in [5.74, 6) is 1.80. The van der Waals surface area contributed by atoms with E-state index in [0.717, 1.165) is 37.5 Å². The number of rotatable bonds is 6. The van der Waals surface area contributed by atoms with E-state index in [9.17, 15) is 4.79 Å². The smallest absolute Gasteiger partial charge is 0.249 e. The molecule has 0 aliphatic carbocycles. The lowest BCUT2D eigenvalue weighted by Gasteiger charge is -2.26. The van der Waals surface area contributed by atoms with Crippen LogP contribution in [0, 0.1) is 6.92 Å². The zero-order chi connectivity index (χ0) is 16.2. The highest BCUT2D eigenvalue weighted by atomic mass is 35.5. The van der Waals surface area contributed by atoms with Gasteiger partial charge in [-0.15, -0.1) is 24.8 Å². The maximum atomic E-state index is 12.3. The van der Waals surface area contributed by atoms with Gasteiger partial charge in [0.2, 0.25) is 5.91 Å². The van der Waals surface area contributed by atoms with Gasteiger partial charge in [-0.25, -0.2) is 0 Å². The molecule has 3 atom stereocenters. The van der Waals surface area contributed by atoms with Crippen molar-refractivity contribution in [3.63, 3.8) is 0 Å². The molecule has 144 valence electrons. The predicted molar refractivity (Wildman–Crippen MR) is 101 cm³/mol. The number of amides is 1. The highest BCUT2D eigenvalue weighted by Crippen LogP contribution is 2.26. The van der Waals surface area contributed by atoms with Crippen LogP contribution in [0.3, 0.4) is 0 Å². The first-order valence-corrected chi connectivity index (χ1v) is 8.61. The molecule has 0 spiro atoms.